The van der Waals surface area contributed by atoms with Crippen molar-refractivity contribution in [3.8, 4) is 0 Å². The first kappa shape index (κ1) is 7.41. The predicted molar refractivity (Wildman–Crippen MR) is 44.6 cm³/mol. The first-order valence-electron chi connectivity index (χ1n) is 2.87. The van der Waals surface area contributed by atoms with Crippen LogP contribution in [-0.4, -0.2) is 9.97 Å². The number of hydrogen-bond donors (Lipinski definition) is 0. The van der Waals surface area contributed by atoms with E-state index in [1.807, 2.05) is 11.9 Å². The third kappa shape index (κ3) is 1.64. The van der Waals surface area contributed by atoms with Gasteiger partial charge in [-0.2, -0.15) is 0 Å². The molecule has 3 heteroatoms. The number of aromatic nitrogens is 2. The molecule has 1 heterocycles. The number of allylic oxidation sites excluding steroid dienone is 1. The molecule has 0 spiro atoms. The van der Waals surface area contributed by atoms with Crippen LogP contribution in [0, 0.1) is 0 Å². The van der Waals surface area contributed by atoms with Crippen molar-refractivity contribution in [3.63, 3.8) is 0 Å². The highest BCUT2D eigenvalue weighted by Crippen LogP contribution is 2.11. The summed E-state index contributed by atoms with van der Waals surface area (Å²) in [5, 5.41) is 0. The van der Waals surface area contributed by atoms with Gasteiger partial charge in [0.25, 0.3) is 0 Å². The minimum atomic E-state index is 1.04. The molecule has 0 saturated carbocycles. The van der Waals surface area contributed by atoms with E-state index in [0.717, 1.165) is 11.1 Å². The highest BCUT2D eigenvalue weighted by atomic mass is 79.9. The van der Waals surface area contributed by atoms with Crippen LogP contribution >= 0.6 is 15.9 Å². The summed E-state index contributed by atoms with van der Waals surface area (Å²) in [6.07, 6.45) is 5.07. The Morgan fingerprint density at radius 2 is 2.10 bits per heavy atom. The van der Waals surface area contributed by atoms with E-state index < -0.39 is 0 Å². The molecular weight excluding hydrogens is 192 g/mol. The third-order valence-corrected chi connectivity index (χ3v) is 1.87. The van der Waals surface area contributed by atoms with Crippen LogP contribution in [0.15, 0.2) is 23.7 Å². The van der Waals surface area contributed by atoms with Gasteiger partial charge in [-0.15, -0.1) is 0 Å². The minimum absolute atomic E-state index is 1.04. The summed E-state index contributed by atoms with van der Waals surface area (Å²) in [6.45, 7) is 1.99. The number of hydrogen-bond acceptors (Lipinski definition) is 2. The predicted octanol–water partition coefficient (Wildman–Crippen LogP) is 2.23. The Morgan fingerprint density at radius 3 is 2.60 bits per heavy atom. The van der Waals surface area contributed by atoms with E-state index in [-0.39, 0.29) is 0 Å². The summed E-state index contributed by atoms with van der Waals surface area (Å²) < 4.78 is 0. The molecule has 0 aliphatic carbocycles. The van der Waals surface area contributed by atoms with E-state index in [4.69, 9.17) is 0 Å². The van der Waals surface area contributed by atoms with Gasteiger partial charge >= 0.3 is 0 Å². The lowest BCUT2D eigenvalue weighted by atomic mass is 10.2. The number of nitrogens with zero attached hydrogens (tertiary/aromatic N) is 2. The molecule has 1 rings (SSSR count). The van der Waals surface area contributed by atoms with E-state index in [1.54, 1.807) is 12.4 Å². The van der Waals surface area contributed by atoms with Gasteiger partial charge in [0, 0.05) is 18.0 Å². The number of rotatable bonds is 1. The van der Waals surface area contributed by atoms with Crippen LogP contribution in [0.3, 0.4) is 0 Å². The second-order valence-corrected chi connectivity index (χ2v) is 2.38. The molecule has 0 aliphatic rings. The first-order chi connectivity index (χ1) is 4.84. The summed E-state index contributed by atoms with van der Waals surface area (Å²) >= 11 is 3.23. The summed E-state index contributed by atoms with van der Waals surface area (Å²) in [4.78, 5) is 9.61. The zero-order chi connectivity index (χ0) is 7.40. The fourth-order valence-electron chi connectivity index (χ4n) is 0.566. The van der Waals surface area contributed by atoms with Crippen molar-refractivity contribution in [2.45, 2.75) is 6.92 Å². The van der Waals surface area contributed by atoms with Crippen molar-refractivity contribution in [1.82, 2.24) is 9.97 Å². The van der Waals surface area contributed by atoms with Crippen LogP contribution in [0.4, 0.5) is 0 Å². The highest BCUT2D eigenvalue weighted by molar-refractivity contribution is 9.11. The average Bonchev–Trinajstić information content (AvgIpc) is 2.05. The zero-order valence-electron chi connectivity index (χ0n) is 5.58. The van der Waals surface area contributed by atoms with Gasteiger partial charge in [-0.3, -0.25) is 0 Å². The molecular formula is C7H7BrN2. The van der Waals surface area contributed by atoms with Gasteiger partial charge in [0.2, 0.25) is 0 Å². The molecule has 0 N–H and O–H groups in total. The third-order valence-electron chi connectivity index (χ3n) is 1.18. The van der Waals surface area contributed by atoms with Gasteiger partial charge in [0.15, 0.2) is 0 Å². The lowest BCUT2D eigenvalue weighted by Crippen LogP contribution is -1.81. The molecule has 0 fully saturated rings. The van der Waals surface area contributed by atoms with E-state index in [2.05, 4.69) is 25.9 Å². The molecule has 1 aromatic heterocycles. The maximum absolute atomic E-state index is 3.88. The van der Waals surface area contributed by atoms with E-state index in [0.29, 0.717) is 0 Å². The van der Waals surface area contributed by atoms with Crippen molar-refractivity contribution in [1.29, 1.82) is 0 Å². The standard InChI is InChI=1S/C7H7BrN2/c1-6(2-8)7-3-9-5-10-4-7/h2-5H,1H3/b6-2+. The van der Waals surface area contributed by atoms with Crippen LogP contribution in [0.2, 0.25) is 0 Å². The lowest BCUT2D eigenvalue weighted by Gasteiger charge is -1.94. The minimum Gasteiger partial charge on any atom is -0.244 e. The molecule has 0 bridgehead atoms. The molecule has 0 aromatic carbocycles. The maximum Gasteiger partial charge on any atom is 0.115 e. The Balaban J connectivity index is 2.96. The van der Waals surface area contributed by atoms with Gasteiger partial charge in [0.1, 0.15) is 6.33 Å². The topological polar surface area (TPSA) is 25.8 Å². The Morgan fingerprint density at radius 1 is 1.50 bits per heavy atom. The maximum atomic E-state index is 3.88. The summed E-state index contributed by atoms with van der Waals surface area (Å²) in [7, 11) is 0. The van der Waals surface area contributed by atoms with E-state index in [9.17, 15) is 0 Å². The van der Waals surface area contributed by atoms with Crippen molar-refractivity contribution >= 4 is 21.5 Å². The van der Waals surface area contributed by atoms with Gasteiger partial charge < -0.3 is 0 Å². The Bertz CT molecular complexity index is 231. The zero-order valence-corrected chi connectivity index (χ0v) is 7.17. The summed E-state index contributed by atoms with van der Waals surface area (Å²) in [5.74, 6) is 0. The molecule has 2 nitrogen and oxygen atoms in total. The van der Waals surface area contributed by atoms with Crippen LogP contribution in [0.1, 0.15) is 12.5 Å². The normalized spacial score (nSPS) is 11.6. The van der Waals surface area contributed by atoms with Crippen LogP contribution < -0.4 is 0 Å². The molecule has 52 valence electrons. The summed E-state index contributed by atoms with van der Waals surface area (Å²) in [5.41, 5.74) is 2.17. The van der Waals surface area contributed by atoms with Crippen LogP contribution in [0.25, 0.3) is 5.57 Å². The smallest absolute Gasteiger partial charge is 0.115 e. The number of halogens is 1. The molecule has 0 amide bonds. The second-order valence-electron chi connectivity index (χ2n) is 1.92. The van der Waals surface area contributed by atoms with E-state index >= 15 is 0 Å². The van der Waals surface area contributed by atoms with Crippen LogP contribution in [0.5, 0.6) is 0 Å². The Kier molecular flexibility index (Phi) is 2.57. The van der Waals surface area contributed by atoms with E-state index in [1.165, 1.54) is 6.33 Å². The van der Waals surface area contributed by atoms with Gasteiger partial charge in [-0.1, -0.05) is 15.9 Å². The molecule has 1 aromatic rings. The Labute approximate surface area is 68.1 Å². The molecule has 0 radical (unpaired) electrons. The second kappa shape index (κ2) is 3.46. The fourth-order valence-corrected chi connectivity index (χ4v) is 0.830. The Hall–Kier alpha value is -0.700. The fraction of sp³-hybridized carbons (Fsp3) is 0.143. The van der Waals surface area contributed by atoms with Gasteiger partial charge in [0.05, 0.1) is 0 Å². The molecule has 0 aliphatic heterocycles. The molecule has 10 heavy (non-hydrogen) atoms. The van der Waals surface area contributed by atoms with Gasteiger partial charge in [-0.05, 0) is 17.5 Å². The SMILES string of the molecule is C/C(=C\Br)c1cncnc1. The average molecular weight is 199 g/mol. The van der Waals surface area contributed by atoms with Crippen molar-refractivity contribution in [2.24, 2.45) is 0 Å². The summed E-state index contributed by atoms with van der Waals surface area (Å²) in [6, 6.07) is 0. The molecule has 0 atom stereocenters. The highest BCUT2D eigenvalue weighted by Gasteiger charge is 1.91. The molecule has 0 unspecified atom stereocenters. The first-order valence-corrected chi connectivity index (χ1v) is 3.78. The lowest BCUT2D eigenvalue weighted by molar-refractivity contribution is 1.15. The quantitative estimate of drug-likeness (QED) is 0.692. The van der Waals surface area contributed by atoms with Crippen molar-refractivity contribution < 1.29 is 0 Å². The largest absolute Gasteiger partial charge is 0.244 e. The molecule has 0 saturated heterocycles. The van der Waals surface area contributed by atoms with Crippen LogP contribution in [-0.2, 0) is 0 Å². The van der Waals surface area contributed by atoms with Crippen molar-refractivity contribution in [3.05, 3.63) is 29.3 Å². The van der Waals surface area contributed by atoms with Gasteiger partial charge in [-0.25, -0.2) is 9.97 Å². The van der Waals surface area contributed by atoms with Crippen molar-refractivity contribution in [2.75, 3.05) is 0 Å². The monoisotopic (exact) mass is 198 g/mol.